The van der Waals surface area contributed by atoms with Gasteiger partial charge in [-0.1, -0.05) is 30.1 Å². The smallest absolute Gasteiger partial charge is 0.208 e. The second-order valence-electron chi connectivity index (χ2n) is 1.22. The molecule has 0 aliphatic carbocycles. The largest absolute Gasteiger partial charge is 0.257 e. The molecular weight excluding hydrogens is 138 g/mol. The van der Waals surface area contributed by atoms with Crippen LogP contribution in [0.25, 0.3) is 0 Å². The van der Waals surface area contributed by atoms with E-state index in [9.17, 15) is 4.39 Å². The van der Waals surface area contributed by atoms with Crippen molar-refractivity contribution in [3.05, 3.63) is 6.92 Å². The van der Waals surface area contributed by atoms with Gasteiger partial charge in [0.05, 0.1) is 0 Å². The average molecular weight is 144 g/mol. The normalized spacial score (nSPS) is 12.0. The number of alkyl halides is 3. The van der Waals surface area contributed by atoms with Crippen molar-refractivity contribution in [2.45, 2.75) is 17.4 Å². The van der Waals surface area contributed by atoms with Crippen molar-refractivity contribution in [2.75, 3.05) is 0 Å². The topological polar surface area (TPSA) is 0 Å². The third-order valence-corrected chi connectivity index (χ3v) is 0.838. The molecule has 0 fully saturated rings. The predicted molar refractivity (Wildman–Crippen MR) is 30.1 cm³/mol. The van der Waals surface area contributed by atoms with Crippen LogP contribution in [0.1, 0.15) is 12.8 Å². The van der Waals surface area contributed by atoms with Gasteiger partial charge >= 0.3 is 0 Å². The summed E-state index contributed by atoms with van der Waals surface area (Å²) in [5.41, 5.74) is 0. The fraction of sp³-hybridized carbons (Fsp3) is 0.750. The minimum atomic E-state index is -2.07. The van der Waals surface area contributed by atoms with Crippen LogP contribution < -0.4 is 0 Å². The molecule has 0 heterocycles. The Hall–Kier alpha value is 0.510. The summed E-state index contributed by atoms with van der Waals surface area (Å²) in [4.78, 5) is 0. The van der Waals surface area contributed by atoms with Gasteiger partial charge in [-0.25, -0.2) is 4.39 Å². The lowest BCUT2D eigenvalue weighted by molar-refractivity contribution is 0.372. The maximum Gasteiger partial charge on any atom is 0.257 e. The number of hydrogen-bond acceptors (Lipinski definition) is 0. The van der Waals surface area contributed by atoms with Crippen LogP contribution in [0.5, 0.6) is 0 Å². The van der Waals surface area contributed by atoms with Gasteiger partial charge in [0, 0.05) is 6.42 Å². The van der Waals surface area contributed by atoms with Gasteiger partial charge in [0.25, 0.3) is 4.59 Å². The third-order valence-electron chi connectivity index (χ3n) is 0.460. The molecule has 0 nitrogen and oxygen atoms in total. The van der Waals surface area contributed by atoms with Crippen LogP contribution in [0, 0.1) is 6.92 Å². The zero-order valence-corrected chi connectivity index (χ0v) is 5.27. The van der Waals surface area contributed by atoms with Gasteiger partial charge in [-0.3, -0.25) is 0 Å². The molecule has 0 saturated carbocycles. The van der Waals surface area contributed by atoms with Crippen LogP contribution in [0.15, 0.2) is 0 Å². The average Bonchev–Trinajstić information content (AvgIpc) is 1.30. The highest BCUT2D eigenvalue weighted by atomic mass is 35.5. The van der Waals surface area contributed by atoms with E-state index in [1.165, 1.54) is 0 Å². The fourth-order valence-corrected chi connectivity index (χ4v) is 0.468. The maximum absolute atomic E-state index is 11.9. The minimum absolute atomic E-state index is 0.0934. The first-order valence-electron chi connectivity index (χ1n) is 1.92. The summed E-state index contributed by atoms with van der Waals surface area (Å²) in [5.74, 6) is 0. The van der Waals surface area contributed by atoms with Crippen LogP contribution >= 0.6 is 23.2 Å². The van der Waals surface area contributed by atoms with Crippen molar-refractivity contribution >= 4 is 23.2 Å². The molecule has 3 heteroatoms. The van der Waals surface area contributed by atoms with Crippen molar-refractivity contribution in [1.29, 1.82) is 0 Å². The van der Waals surface area contributed by atoms with Crippen molar-refractivity contribution < 1.29 is 4.39 Å². The lowest BCUT2D eigenvalue weighted by Crippen LogP contribution is -2.00. The third kappa shape index (κ3) is 6.51. The lowest BCUT2D eigenvalue weighted by Gasteiger charge is -2.03. The Balaban J connectivity index is 3.15. The van der Waals surface area contributed by atoms with E-state index in [1.807, 2.05) is 0 Å². The molecule has 0 unspecified atom stereocenters. The van der Waals surface area contributed by atoms with Crippen LogP contribution in [-0.2, 0) is 0 Å². The number of halogens is 3. The Labute approximate surface area is 52.6 Å². The van der Waals surface area contributed by atoms with Gasteiger partial charge in [-0.05, 0) is 6.42 Å². The van der Waals surface area contributed by atoms with Gasteiger partial charge in [-0.15, -0.1) is 0 Å². The molecular formula is C4H6Cl2F. The molecule has 7 heavy (non-hydrogen) atoms. The minimum Gasteiger partial charge on any atom is -0.208 e. The highest BCUT2D eigenvalue weighted by Gasteiger charge is 2.19. The van der Waals surface area contributed by atoms with Gasteiger partial charge < -0.3 is 0 Å². The van der Waals surface area contributed by atoms with Gasteiger partial charge in [0.2, 0.25) is 0 Å². The second kappa shape index (κ2) is 2.73. The lowest BCUT2D eigenvalue weighted by atomic mass is 10.4. The Morgan fingerprint density at radius 2 is 2.00 bits per heavy atom. The molecule has 0 aromatic heterocycles. The zero-order valence-electron chi connectivity index (χ0n) is 3.76. The van der Waals surface area contributed by atoms with E-state index in [0.29, 0.717) is 6.42 Å². The molecule has 0 rings (SSSR count). The van der Waals surface area contributed by atoms with E-state index in [-0.39, 0.29) is 6.42 Å². The summed E-state index contributed by atoms with van der Waals surface area (Å²) in [5, 5.41) is 0. The maximum atomic E-state index is 11.9. The summed E-state index contributed by atoms with van der Waals surface area (Å²) in [7, 11) is 0. The molecule has 0 aromatic carbocycles. The molecule has 0 aliphatic heterocycles. The van der Waals surface area contributed by atoms with Crippen molar-refractivity contribution in [2.24, 2.45) is 0 Å². The van der Waals surface area contributed by atoms with E-state index in [0.717, 1.165) is 0 Å². The van der Waals surface area contributed by atoms with Crippen LogP contribution in [0.2, 0.25) is 0 Å². The molecule has 43 valence electrons. The summed E-state index contributed by atoms with van der Waals surface area (Å²) < 4.78 is 9.81. The van der Waals surface area contributed by atoms with E-state index >= 15 is 0 Å². The summed E-state index contributed by atoms with van der Waals surface area (Å²) in [6.45, 7) is 3.36. The Morgan fingerprint density at radius 1 is 1.57 bits per heavy atom. The Morgan fingerprint density at radius 3 is 2.00 bits per heavy atom. The molecule has 0 aromatic rings. The number of hydrogen-bond donors (Lipinski definition) is 0. The first-order valence-corrected chi connectivity index (χ1v) is 2.68. The highest BCUT2D eigenvalue weighted by molar-refractivity contribution is 6.47. The fourth-order valence-electron chi connectivity index (χ4n) is 0.200. The second-order valence-corrected chi connectivity index (χ2v) is 2.61. The van der Waals surface area contributed by atoms with Crippen molar-refractivity contribution in [3.63, 3.8) is 0 Å². The van der Waals surface area contributed by atoms with Crippen molar-refractivity contribution in [3.8, 4) is 0 Å². The Bertz CT molecular complexity index is 48.1. The quantitative estimate of drug-likeness (QED) is 0.522. The first-order chi connectivity index (χ1) is 3.06. The molecule has 0 bridgehead atoms. The van der Waals surface area contributed by atoms with E-state index in [2.05, 4.69) is 6.92 Å². The highest BCUT2D eigenvalue weighted by Crippen LogP contribution is 2.27. The standard InChI is InChI=1S/C4H6Cl2F/c1-2-3-4(5,6)7/h1-3H2. The van der Waals surface area contributed by atoms with Crippen molar-refractivity contribution in [1.82, 2.24) is 0 Å². The molecule has 0 amide bonds. The first kappa shape index (κ1) is 7.51. The van der Waals surface area contributed by atoms with Gasteiger partial charge in [0.1, 0.15) is 0 Å². The zero-order chi connectivity index (χ0) is 5.91. The monoisotopic (exact) mass is 143 g/mol. The predicted octanol–water partition coefficient (Wildman–Crippen LogP) is 2.70. The molecule has 0 N–H and O–H groups in total. The van der Waals surface area contributed by atoms with E-state index in [1.54, 1.807) is 0 Å². The molecule has 1 radical (unpaired) electrons. The van der Waals surface area contributed by atoms with E-state index < -0.39 is 4.59 Å². The van der Waals surface area contributed by atoms with Crippen LogP contribution in [-0.4, -0.2) is 4.59 Å². The van der Waals surface area contributed by atoms with E-state index in [4.69, 9.17) is 23.2 Å². The summed E-state index contributed by atoms with van der Waals surface area (Å²) in [6, 6.07) is 0. The van der Waals surface area contributed by atoms with Gasteiger partial charge in [0.15, 0.2) is 0 Å². The summed E-state index contributed by atoms with van der Waals surface area (Å²) in [6.07, 6.45) is 0.514. The molecule has 0 saturated heterocycles. The Kier molecular flexibility index (Phi) is 2.93. The molecule has 0 atom stereocenters. The van der Waals surface area contributed by atoms with Gasteiger partial charge in [-0.2, -0.15) is 0 Å². The number of rotatable bonds is 2. The van der Waals surface area contributed by atoms with Crippen LogP contribution in [0.4, 0.5) is 4.39 Å². The van der Waals surface area contributed by atoms with Crippen LogP contribution in [0.3, 0.4) is 0 Å². The molecule has 0 aliphatic rings. The molecule has 0 spiro atoms. The SMILES string of the molecule is [CH2]CCC(F)(Cl)Cl. The summed E-state index contributed by atoms with van der Waals surface area (Å²) >= 11 is 9.78.